The number of nitro groups is 1. The molecule has 0 aromatic heterocycles. The molecule has 0 spiro atoms. The zero-order valence-corrected chi connectivity index (χ0v) is 14.4. The first kappa shape index (κ1) is 16.0. The Morgan fingerprint density at radius 2 is 2.12 bits per heavy atom. The number of ether oxygens (including phenoxy) is 1. The van der Waals surface area contributed by atoms with Gasteiger partial charge in [0, 0.05) is 22.7 Å². The molecule has 0 bridgehead atoms. The Balaban J connectivity index is 1.78. The van der Waals surface area contributed by atoms with Gasteiger partial charge in [0.15, 0.2) is 5.75 Å². The lowest BCUT2D eigenvalue weighted by Gasteiger charge is -2.37. The lowest BCUT2D eigenvalue weighted by Crippen LogP contribution is -2.29. The van der Waals surface area contributed by atoms with E-state index in [1.54, 1.807) is 12.1 Å². The first-order valence-electron chi connectivity index (χ1n) is 8.13. The van der Waals surface area contributed by atoms with Crippen LogP contribution in [-0.4, -0.2) is 12.0 Å². The number of hydrogen-bond donors (Lipinski definition) is 1. The molecule has 0 saturated heterocycles. The molecule has 1 aliphatic heterocycles. The Labute approximate surface area is 150 Å². The number of methoxy groups -OCH3 is 1. The lowest BCUT2D eigenvalue weighted by molar-refractivity contribution is -0.385. The SMILES string of the molecule is COc1ccc([C@H]2Nc3ccc(Cl)cc3[C@@H]3C=CC[C@H]23)cc1[N+](=O)[O-]. The van der Waals surface area contributed by atoms with E-state index >= 15 is 0 Å². The summed E-state index contributed by atoms with van der Waals surface area (Å²) in [6.07, 6.45) is 5.32. The molecule has 0 unspecified atom stereocenters. The zero-order valence-electron chi connectivity index (χ0n) is 13.6. The van der Waals surface area contributed by atoms with Crippen LogP contribution in [0.2, 0.25) is 5.02 Å². The molecule has 0 saturated carbocycles. The second-order valence-corrected chi connectivity index (χ2v) is 6.83. The van der Waals surface area contributed by atoms with Gasteiger partial charge in [-0.1, -0.05) is 29.8 Å². The third-order valence-corrected chi connectivity index (χ3v) is 5.32. The molecule has 1 N–H and O–H groups in total. The Morgan fingerprint density at radius 1 is 1.28 bits per heavy atom. The minimum atomic E-state index is -0.400. The Bertz CT molecular complexity index is 881. The number of benzene rings is 2. The first-order valence-corrected chi connectivity index (χ1v) is 8.51. The van der Waals surface area contributed by atoms with Crippen LogP contribution in [-0.2, 0) is 0 Å². The zero-order chi connectivity index (χ0) is 17.6. The van der Waals surface area contributed by atoms with Crippen molar-refractivity contribution in [1.29, 1.82) is 0 Å². The predicted octanol–water partition coefficient (Wildman–Crippen LogP) is 5.08. The van der Waals surface area contributed by atoms with Crippen LogP contribution in [0.5, 0.6) is 5.75 Å². The largest absolute Gasteiger partial charge is 0.490 e. The quantitative estimate of drug-likeness (QED) is 0.473. The average molecular weight is 357 g/mol. The highest BCUT2D eigenvalue weighted by Gasteiger charge is 2.38. The molecule has 0 amide bonds. The van der Waals surface area contributed by atoms with Crippen LogP contribution in [0.15, 0.2) is 48.6 Å². The molecule has 0 fully saturated rings. The topological polar surface area (TPSA) is 64.4 Å². The van der Waals surface area contributed by atoms with Crippen LogP contribution >= 0.6 is 11.6 Å². The standard InChI is InChI=1S/C19H17ClN2O3/c1-25-18-8-5-11(9-17(18)22(23)24)19-14-4-2-3-13(14)15-10-12(20)6-7-16(15)21-19/h2-3,5-10,13-14,19,21H,4H2,1H3/t13-,14+,19-/m1/s1. The first-order chi connectivity index (χ1) is 12.1. The molecule has 2 aliphatic rings. The molecular weight excluding hydrogens is 340 g/mol. The molecule has 128 valence electrons. The number of anilines is 1. The van der Waals surface area contributed by atoms with Crippen molar-refractivity contribution in [3.8, 4) is 5.75 Å². The van der Waals surface area contributed by atoms with Crippen molar-refractivity contribution < 1.29 is 9.66 Å². The summed E-state index contributed by atoms with van der Waals surface area (Å²) >= 11 is 6.17. The molecule has 4 rings (SSSR count). The van der Waals surface area contributed by atoms with Crippen molar-refractivity contribution in [2.45, 2.75) is 18.4 Å². The van der Waals surface area contributed by atoms with E-state index in [-0.39, 0.29) is 23.4 Å². The van der Waals surface area contributed by atoms with Crippen molar-refractivity contribution in [3.63, 3.8) is 0 Å². The predicted molar refractivity (Wildman–Crippen MR) is 97.5 cm³/mol. The maximum atomic E-state index is 11.4. The molecule has 1 heterocycles. The number of hydrogen-bond acceptors (Lipinski definition) is 4. The van der Waals surface area contributed by atoms with Gasteiger partial charge < -0.3 is 10.1 Å². The van der Waals surface area contributed by atoms with Gasteiger partial charge in [-0.15, -0.1) is 0 Å². The number of allylic oxidation sites excluding steroid dienone is 2. The van der Waals surface area contributed by atoms with Gasteiger partial charge >= 0.3 is 5.69 Å². The molecule has 3 atom stereocenters. The van der Waals surface area contributed by atoms with Gasteiger partial charge in [-0.2, -0.15) is 0 Å². The van der Waals surface area contributed by atoms with E-state index in [0.717, 1.165) is 22.7 Å². The van der Waals surface area contributed by atoms with E-state index < -0.39 is 4.92 Å². The highest BCUT2D eigenvalue weighted by atomic mass is 35.5. The summed E-state index contributed by atoms with van der Waals surface area (Å²) in [5.41, 5.74) is 3.10. The van der Waals surface area contributed by atoms with Crippen molar-refractivity contribution in [3.05, 3.63) is 74.8 Å². The minimum Gasteiger partial charge on any atom is -0.490 e. The smallest absolute Gasteiger partial charge is 0.311 e. The van der Waals surface area contributed by atoms with E-state index in [4.69, 9.17) is 16.3 Å². The maximum absolute atomic E-state index is 11.4. The van der Waals surface area contributed by atoms with Gasteiger partial charge in [0.05, 0.1) is 18.1 Å². The van der Waals surface area contributed by atoms with Crippen LogP contribution in [0.1, 0.15) is 29.5 Å². The number of nitro benzene ring substituents is 1. The molecular formula is C19H17ClN2O3. The third kappa shape index (κ3) is 2.65. The summed E-state index contributed by atoms with van der Waals surface area (Å²) in [7, 11) is 1.44. The van der Waals surface area contributed by atoms with Crippen LogP contribution in [0, 0.1) is 16.0 Å². The van der Waals surface area contributed by atoms with Gasteiger partial charge in [-0.25, -0.2) is 0 Å². The number of halogens is 1. The summed E-state index contributed by atoms with van der Waals surface area (Å²) in [6, 6.07) is 11.0. The van der Waals surface area contributed by atoms with E-state index in [9.17, 15) is 10.1 Å². The molecule has 2 aromatic rings. The van der Waals surface area contributed by atoms with Gasteiger partial charge in [0.2, 0.25) is 0 Å². The van der Waals surface area contributed by atoms with Crippen molar-refractivity contribution in [1.82, 2.24) is 0 Å². The van der Waals surface area contributed by atoms with E-state index in [0.29, 0.717) is 5.92 Å². The van der Waals surface area contributed by atoms with Crippen LogP contribution < -0.4 is 10.1 Å². The second-order valence-electron chi connectivity index (χ2n) is 6.40. The minimum absolute atomic E-state index is 0.00159. The van der Waals surface area contributed by atoms with Gasteiger partial charge in [-0.05, 0) is 47.7 Å². The van der Waals surface area contributed by atoms with E-state index in [2.05, 4.69) is 17.5 Å². The average Bonchev–Trinajstić information content (AvgIpc) is 3.10. The highest BCUT2D eigenvalue weighted by molar-refractivity contribution is 6.30. The van der Waals surface area contributed by atoms with Gasteiger partial charge in [0.25, 0.3) is 0 Å². The van der Waals surface area contributed by atoms with Crippen molar-refractivity contribution in [2.75, 3.05) is 12.4 Å². The summed E-state index contributed by atoms with van der Waals surface area (Å²) in [4.78, 5) is 11.0. The number of fused-ring (bicyclic) bond motifs is 3. The van der Waals surface area contributed by atoms with E-state index in [1.165, 1.54) is 12.7 Å². The lowest BCUT2D eigenvalue weighted by atomic mass is 9.77. The van der Waals surface area contributed by atoms with E-state index in [1.807, 2.05) is 24.3 Å². The highest BCUT2D eigenvalue weighted by Crippen LogP contribution is 2.50. The van der Waals surface area contributed by atoms with Gasteiger partial charge in [0.1, 0.15) is 0 Å². The summed E-state index contributed by atoms with van der Waals surface area (Å²) in [5.74, 6) is 0.845. The van der Waals surface area contributed by atoms with Crippen LogP contribution in [0.25, 0.3) is 0 Å². The molecule has 1 aliphatic carbocycles. The summed E-state index contributed by atoms with van der Waals surface area (Å²) < 4.78 is 5.12. The molecule has 2 aromatic carbocycles. The molecule has 6 heteroatoms. The van der Waals surface area contributed by atoms with Crippen molar-refractivity contribution in [2.24, 2.45) is 5.92 Å². The number of rotatable bonds is 3. The van der Waals surface area contributed by atoms with Gasteiger partial charge in [-0.3, -0.25) is 10.1 Å². The summed E-state index contributed by atoms with van der Waals surface area (Å²) in [6.45, 7) is 0. The van der Waals surface area contributed by atoms with Crippen LogP contribution in [0.3, 0.4) is 0 Å². The van der Waals surface area contributed by atoms with Crippen LogP contribution in [0.4, 0.5) is 11.4 Å². The Hall–Kier alpha value is -2.53. The number of nitrogens with zero attached hydrogens (tertiary/aromatic N) is 1. The molecule has 5 nitrogen and oxygen atoms in total. The monoisotopic (exact) mass is 356 g/mol. The summed E-state index contributed by atoms with van der Waals surface area (Å²) in [5, 5.41) is 15.6. The Morgan fingerprint density at radius 3 is 2.88 bits per heavy atom. The second kappa shape index (κ2) is 6.08. The fraction of sp³-hybridized carbons (Fsp3) is 0.263. The Kier molecular flexibility index (Phi) is 3.88. The molecule has 0 radical (unpaired) electrons. The normalized spacial score (nSPS) is 23.5. The fourth-order valence-electron chi connectivity index (χ4n) is 3.94. The third-order valence-electron chi connectivity index (χ3n) is 5.08. The molecule has 25 heavy (non-hydrogen) atoms. The number of nitrogens with one attached hydrogen (secondary N) is 1. The van der Waals surface area contributed by atoms with Crippen molar-refractivity contribution >= 4 is 23.0 Å². The fourth-order valence-corrected chi connectivity index (χ4v) is 4.12. The maximum Gasteiger partial charge on any atom is 0.311 e.